The fourth-order valence-corrected chi connectivity index (χ4v) is 3.67. The highest BCUT2D eigenvalue weighted by atomic mass is 16.2. The molecule has 6 nitrogen and oxygen atoms in total. The minimum absolute atomic E-state index is 0.0305. The predicted molar refractivity (Wildman–Crippen MR) is 117 cm³/mol. The number of aryl methyl sites for hydroxylation is 1. The van der Waals surface area contributed by atoms with E-state index in [1.165, 1.54) is 16.3 Å². The molecule has 0 radical (unpaired) electrons. The first-order valence-corrected chi connectivity index (χ1v) is 10.3. The SMILES string of the molecule is Cc1ccc(-c2ccc(=O)n(CC(=O)N3CCN(Cc4ccccc4)CC3)n2)cc1. The van der Waals surface area contributed by atoms with Gasteiger partial charge in [0.25, 0.3) is 5.56 Å². The Labute approximate surface area is 176 Å². The number of nitrogens with zero attached hydrogens (tertiary/aromatic N) is 4. The molecule has 2 heterocycles. The second-order valence-electron chi connectivity index (χ2n) is 7.72. The summed E-state index contributed by atoms with van der Waals surface area (Å²) in [5.74, 6) is -0.0648. The first-order valence-electron chi connectivity index (χ1n) is 10.3. The molecule has 1 fully saturated rings. The van der Waals surface area contributed by atoms with Crippen molar-refractivity contribution in [3.63, 3.8) is 0 Å². The second-order valence-corrected chi connectivity index (χ2v) is 7.72. The van der Waals surface area contributed by atoms with Crippen LogP contribution in [0.15, 0.2) is 71.5 Å². The van der Waals surface area contributed by atoms with Gasteiger partial charge in [-0.25, -0.2) is 4.68 Å². The summed E-state index contributed by atoms with van der Waals surface area (Å²) in [6, 6.07) is 21.5. The lowest BCUT2D eigenvalue weighted by atomic mass is 10.1. The maximum atomic E-state index is 12.8. The first kappa shape index (κ1) is 20.0. The third-order valence-electron chi connectivity index (χ3n) is 5.47. The van der Waals surface area contributed by atoms with Crippen LogP contribution in [0, 0.1) is 6.92 Å². The fraction of sp³-hybridized carbons (Fsp3) is 0.292. The van der Waals surface area contributed by atoms with Crippen molar-refractivity contribution in [2.75, 3.05) is 26.2 Å². The first-order chi connectivity index (χ1) is 14.6. The molecule has 4 rings (SSSR count). The van der Waals surface area contributed by atoms with Gasteiger partial charge in [0.1, 0.15) is 6.54 Å². The van der Waals surface area contributed by atoms with E-state index in [9.17, 15) is 9.59 Å². The van der Waals surface area contributed by atoms with Crippen LogP contribution in [0.3, 0.4) is 0 Å². The molecular weight excluding hydrogens is 376 g/mol. The van der Waals surface area contributed by atoms with E-state index >= 15 is 0 Å². The summed E-state index contributed by atoms with van der Waals surface area (Å²) in [6.07, 6.45) is 0. The topological polar surface area (TPSA) is 58.4 Å². The van der Waals surface area contributed by atoms with Crippen LogP contribution in [0.4, 0.5) is 0 Å². The summed E-state index contributed by atoms with van der Waals surface area (Å²) in [7, 11) is 0. The minimum Gasteiger partial charge on any atom is -0.339 e. The van der Waals surface area contributed by atoms with Crippen molar-refractivity contribution in [1.82, 2.24) is 19.6 Å². The number of rotatable bonds is 5. The average molecular weight is 402 g/mol. The average Bonchev–Trinajstić information content (AvgIpc) is 2.77. The Balaban J connectivity index is 1.38. The molecule has 1 aliphatic rings. The lowest BCUT2D eigenvalue weighted by Gasteiger charge is -2.34. The van der Waals surface area contributed by atoms with Crippen molar-refractivity contribution in [2.24, 2.45) is 0 Å². The minimum atomic E-state index is -0.262. The van der Waals surface area contributed by atoms with E-state index in [0.29, 0.717) is 18.8 Å². The van der Waals surface area contributed by atoms with Gasteiger partial charge in [-0.2, -0.15) is 5.10 Å². The van der Waals surface area contributed by atoms with Crippen molar-refractivity contribution in [2.45, 2.75) is 20.0 Å². The highest BCUT2D eigenvalue weighted by molar-refractivity contribution is 5.76. The molecule has 0 aliphatic carbocycles. The van der Waals surface area contributed by atoms with E-state index in [4.69, 9.17) is 0 Å². The largest absolute Gasteiger partial charge is 0.339 e. The summed E-state index contributed by atoms with van der Waals surface area (Å²) < 4.78 is 1.27. The van der Waals surface area contributed by atoms with Crippen LogP contribution in [-0.2, 0) is 17.9 Å². The van der Waals surface area contributed by atoms with Crippen molar-refractivity contribution >= 4 is 5.91 Å². The van der Waals surface area contributed by atoms with E-state index < -0.39 is 0 Å². The molecule has 0 N–H and O–H groups in total. The molecule has 0 atom stereocenters. The highest BCUT2D eigenvalue weighted by Gasteiger charge is 2.22. The second kappa shape index (κ2) is 9.05. The number of hydrogen-bond donors (Lipinski definition) is 0. The van der Waals surface area contributed by atoms with Crippen LogP contribution >= 0.6 is 0 Å². The van der Waals surface area contributed by atoms with Crippen molar-refractivity contribution in [3.05, 3.63) is 88.2 Å². The number of carbonyl (C=O) groups excluding carboxylic acids is 1. The van der Waals surface area contributed by atoms with Gasteiger partial charge in [-0.15, -0.1) is 0 Å². The molecule has 1 saturated heterocycles. The maximum absolute atomic E-state index is 12.8. The summed E-state index contributed by atoms with van der Waals surface area (Å²) in [5.41, 5.74) is 3.79. The van der Waals surface area contributed by atoms with E-state index in [1.54, 1.807) is 6.07 Å². The van der Waals surface area contributed by atoms with Gasteiger partial charge in [-0.05, 0) is 18.6 Å². The fourth-order valence-electron chi connectivity index (χ4n) is 3.67. The molecule has 0 unspecified atom stereocenters. The number of piperazine rings is 1. The number of aromatic nitrogens is 2. The third-order valence-corrected chi connectivity index (χ3v) is 5.47. The van der Waals surface area contributed by atoms with Crippen LogP contribution < -0.4 is 5.56 Å². The summed E-state index contributed by atoms with van der Waals surface area (Å²) in [6.45, 7) is 5.87. The number of benzene rings is 2. The van der Waals surface area contributed by atoms with Gasteiger partial charge in [0.15, 0.2) is 0 Å². The smallest absolute Gasteiger partial charge is 0.267 e. The van der Waals surface area contributed by atoms with E-state index in [2.05, 4.69) is 22.1 Å². The standard InChI is InChI=1S/C24H26N4O2/c1-19-7-9-21(10-8-19)22-11-12-23(29)28(25-22)18-24(30)27-15-13-26(14-16-27)17-20-5-3-2-4-6-20/h2-12H,13-18H2,1H3. The van der Waals surface area contributed by atoms with Crippen LogP contribution in [0.2, 0.25) is 0 Å². The molecule has 0 saturated carbocycles. The zero-order valence-corrected chi connectivity index (χ0v) is 17.2. The number of amides is 1. The lowest BCUT2D eigenvalue weighted by Crippen LogP contribution is -2.49. The summed E-state index contributed by atoms with van der Waals surface area (Å²) >= 11 is 0. The Hall–Kier alpha value is -3.25. The Kier molecular flexibility index (Phi) is 6.05. The van der Waals surface area contributed by atoms with Crippen LogP contribution in [0.1, 0.15) is 11.1 Å². The Morgan fingerprint density at radius 2 is 1.60 bits per heavy atom. The van der Waals surface area contributed by atoms with Gasteiger partial charge in [0.05, 0.1) is 5.69 Å². The molecule has 30 heavy (non-hydrogen) atoms. The number of carbonyl (C=O) groups is 1. The van der Waals surface area contributed by atoms with Crippen molar-refractivity contribution in [3.8, 4) is 11.3 Å². The van der Waals surface area contributed by atoms with Gasteiger partial charge in [-0.3, -0.25) is 14.5 Å². The highest BCUT2D eigenvalue weighted by Crippen LogP contribution is 2.16. The molecule has 3 aromatic rings. The zero-order chi connectivity index (χ0) is 20.9. The molecule has 0 spiro atoms. The maximum Gasteiger partial charge on any atom is 0.267 e. The predicted octanol–water partition coefficient (Wildman–Crippen LogP) is 2.56. The van der Waals surface area contributed by atoms with E-state index in [0.717, 1.165) is 30.8 Å². The molecular formula is C24H26N4O2. The Morgan fingerprint density at radius 3 is 2.30 bits per heavy atom. The molecule has 1 aliphatic heterocycles. The molecule has 1 aromatic heterocycles. The molecule has 0 bridgehead atoms. The van der Waals surface area contributed by atoms with E-state index in [-0.39, 0.29) is 18.0 Å². The quantitative estimate of drug-likeness (QED) is 0.658. The summed E-state index contributed by atoms with van der Waals surface area (Å²) in [4.78, 5) is 29.2. The Morgan fingerprint density at radius 1 is 0.900 bits per heavy atom. The monoisotopic (exact) mass is 402 g/mol. The van der Waals surface area contributed by atoms with Gasteiger partial charge in [0, 0.05) is 44.4 Å². The van der Waals surface area contributed by atoms with Gasteiger partial charge >= 0.3 is 0 Å². The van der Waals surface area contributed by atoms with Crippen molar-refractivity contribution in [1.29, 1.82) is 0 Å². The van der Waals surface area contributed by atoms with Crippen molar-refractivity contribution < 1.29 is 4.79 Å². The van der Waals surface area contributed by atoms with Gasteiger partial charge in [0.2, 0.25) is 5.91 Å². The van der Waals surface area contributed by atoms with Gasteiger partial charge in [-0.1, -0.05) is 60.2 Å². The lowest BCUT2D eigenvalue weighted by molar-refractivity contribution is -0.133. The van der Waals surface area contributed by atoms with E-state index in [1.807, 2.05) is 54.3 Å². The van der Waals surface area contributed by atoms with Crippen LogP contribution in [0.5, 0.6) is 0 Å². The number of hydrogen-bond acceptors (Lipinski definition) is 4. The molecule has 6 heteroatoms. The third kappa shape index (κ3) is 4.83. The molecule has 2 aromatic carbocycles. The summed E-state index contributed by atoms with van der Waals surface area (Å²) in [5, 5.41) is 4.42. The zero-order valence-electron chi connectivity index (χ0n) is 17.2. The van der Waals surface area contributed by atoms with Gasteiger partial charge < -0.3 is 4.90 Å². The molecule has 1 amide bonds. The molecule has 154 valence electrons. The van der Waals surface area contributed by atoms with Crippen LogP contribution in [-0.4, -0.2) is 51.7 Å². The Bertz CT molecular complexity index is 1050. The van der Waals surface area contributed by atoms with Crippen LogP contribution in [0.25, 0.3) is 11.3 Å². The normalized spacial score (nSPS) is 14.6.